The van der Waals surface area contributed by atoms with Crippen LogP contribution in [0.1, 0.15) is 19.0 Å². The Hall–Kier alpha value is -2.01. The number of benzene rings is 1. The van der Waals surface area contributed by atoms with Crippen LogP contribution < -0.4 is 5.73 Å². The van der Waals surface area contributed by atoms with E-state index in [4.69, 9.17) is 5.73 Å². The lowest BCUT2D eigenvalue weighted by atomic mass is 9.96. The Bertz CT molecular complexity index is 634. The smallest absolute Gasteiger partial charge is 0.339 e. The highest BCUT2D eigenvalue weighted by molar-refractivity contribution is 5.82. The lowest BCUT2D eigenvalue weighted by Gasteiger charge is -2.31. The lowest BCUT2D eigenvalue weighted by Crippen LogP contribution is -2.46. The number of hydrogen-bond donors (Lipinski definition) is 2. The molecule has 5 heteroatoms. The molecule has 1 aliphatic rings. The van der Waals surface area contributed by atoms with Crippen LogP contribution in [0.5, 0.6) is 0 Å². The molecule has 1 aromatic heterocycles. The summed E-state index contributed by atoms with van der Waals surface area (Å²) in [4.78, 5) is 11.2. The van der Waals surface area contributed by atoms with Gasteiger partial charge in [-0.3, -0.25) is 5.21 Å². The normalized spacial score (nSPS) is 22.1. The fraction of sp³-hybridized carbons (Fsp3) is 0.308. The van der Waals surface area contributed by atoms with Gasteiger partial charge >= 0.3 is 6.03 Å². The average molecular weight is 245 g/mol. The van der Waals surface area contributed by atoms with Crippen molar-refractivity contribution in [2.75, 3.05) is 0 Å². The van der Waals surface area contributed by atoms with Crippen LogP contribution in [0.3, 0.4) is 0 Å². The molecule has 18 heavy (non-hydrogen) atoms. The Kier molecular flexibility index (Phi) is 2.15. The van der Waals surface area contributed by atoms with Crippen LogP contribution in [-0.4, -0.2) is 20.9 Å². The van der Waals surface area contributed by atoms with Gasteiger partial charge in [-0.15, -0.1) is 0 Å². The van der Waals surface area contributed by atoms with Crippen molar-refractivity contribution in [1.82, 2.24) is 9.63 Å². The highest BCUT2D eigenvalue weighted by Crippen LogP contribution is 2.40. The monoisotopic (exact) mass is 245 g/mol. The summed E-state index contributed by atoms with van der Waals surface area (Å²) in [6, 6.07) is 9.20. The van der Waals surface area contributed by atoms with Crippen molar-refractivity contribution in [3.8, 4) is 0 Å². The van der Waals surface area contributed by atoms with Gasteiger partial charge in [-0.25, -0.2) is 4.79 Å². The largest absolute Gasteiger partial charge is 0.350 e. The Labute approximate surface area is 104 Å². The molecule has 1 unspecified atom stereocenters. The molecule has 2 amide bonds. The fourth-order valence-electron chi connectivity index (χ4n) is 2.81. The third-order valence-corrected chi connectivity index (χ3v) is 3.86. The van der Waals surface area contributed by atoms with Gasteiger partial charge in [0.25, 0.3) is 0 Å². The van der Waals surface area contributed by atoms with Crippen LogP contribution >= 0.6 is 0 Å². The summed E-state index contributed by atoms with van der Waals surface area (Å²) in [5.41, 5.74) is 6.48. The molecule has 94 valence electrons. The quantitative estimate of drug-likeness (QED) is 0.596. The Morgan fingerprint density at radius 3 is 2.94 bits per heavy atom. The van der Waals surface area contributed by atoms with Crippen LogP contribution in [0, 0.1) is 0 Å². The van der Waals surface area contributed by atoms with Gasteiger partial charge in [-0.2, -0.15) is 5.06 Å². The highest BCUT2D eigenvalue weighted by atomic mass is 16.5. The van der Waals surface area contributed by atoms with Gasteiger partial charge in [0.2, 0.25) is 0 Å². The van der Waals surface area contributed by atoms with Crippen LogP contribution in [0.2, 0.25) is 0 Å². The van der Waals surface area contributed by atoms with Crippen LogP contribution in [0.25, 0.3) is 10.9 Å². The van der Waals surface area contributed by atoms with E-state index in [-0.39, 0.29) is 0 Å². The van der Waals surface area contributed by atoms with Gasteiger partial charge in [0.1, 0.15) is 5.54 Å². The number of hydrogen-bond acceptors (Lipinski definition) is 2. The summed E-state index contributed by atoms with van der Waals surface area (Å²) >= 11 is 0. The summed E-state index contributed by atoms with van der Waals surface area (Å²) in [5.74, 6) is 0. The van der Waals surface area contributed by atoms with E-state index >= 15 is 0 Å². The molecule has 0 saturated carbocycles. The second kappa shape index (κ2) is 3.49. The summed E-state index contributed by atoms with van der Waals surface area (Å²) in [5, 5.41) is 11.7. The first-order valence-electron chi connectivity index (χ1n) is 5.91. The SMILES string of the molecule is CC1(N(O)C(N)=O)CCn2c1cc1ccccc12. The average Bonchev–Trinajstić information content (AvgIpc) is 2.88. The Balaban J connectivity index is 2.19. The van der Waals surface area contributed by atoms with Crippen LogP contribution in [-0.2, 0) is 12.1 Å². The molecule has 5 nitrogen and oxygen atoms in total. The third-order valence-electron chi connectivity index (χ3n) is 3.86. The summed E-state index contributed by atoms with van der Waals surface area (Å²) in [6.07, 6.45) is 0.659. The second-order valence-corrected chi connectivity index (χ2v) is 4.91. The number of nitrogens with zero attached hydrogens (tertiary/aromatic N) is 2. The molecule has 3 N–H and O–H groups in total. The van der Waals surface area contributed by atoms with Crippen LogP contribution in [0.15, 0.2) is 30.3 Å². The molecule has 0 bridgehead atoms. The Morgan fingerprint density at radius 1 is 1.50 bits per heavy atom. The zero-order chi connectivity index (χ0) is 12.9. The summed E-state index contributed by atoms with van der Waals surface area (Å²) in [7, 11) is 0. The van der Waals surface area contributed by atoms with E-state index in [0.29, 0.717) is 11.5 Å². The molecule has 0 spiro atoms. The van der Waals surface area contributed by atoms with Gasteiger partial charge in [-0.05, 0) is 30.9 Å². The number of urea groups is 1. The number of nitrogens with two attached hydrogens (primary N) is 1. The van der Waals surface area contributed by atoms with E-state index in [2.05, 4.69) is 4.57 Å². The maximum atomic E-state index is 11.2. The lowest BCUT2D eigenvalue weighted by molar-refractivity contribution is -0.121. The first-order chi connectivity index (χ1) is 8.54. The Morgan fingerprint density at radius 2 is 2.22 bits per heavy atom. The van der Waals surface area contributed by atoms with Gasteiger partial charge in [0.05, 0.1) is 0 Å². The number of rotatable bonds is 1. The first-order valence-corrected chi connectivity index (χ1v) is 5.91. The minimum Gasteiger partial charge on any atom is -0.350 e. The molecule has 1 atom stereocenters. The van der Waals surface area contributed by atoms with Crippen LogP contribution in [0.4, 0.5) is 4.79 Å². The number of fused-ring (bicyclic) bond motifs is 3. The highest BCUT2D eigenvalue weighted by Gasteiger charge is 2.42. The molecule has 3 rings (SSSR count). The molecule has 0 aliphatic carbocycles. The molecule has 2 heterocycles. The predicted octanol–water partition coefficient (Wildman–Crippen LogP) is 2.03. The number of primary amides is 1. The molecule has 0 fully saturated rings. The number of aryl methyl sites for hydroxylation is 1. The van der Waals surface area contributed by atoms with E-state index in [1.165, 1.54) is 0 Å². The number of aromatic nitrogens is 1. The van der Waals surface area contributed by atoms with E-state index in [1.54, 1.807) is 0 Å². The topological polar surface area (TPSA) is 71.5 Å². The van der Waals surface area contributed by atoms with Gasteiger partial charge in [0, 0.05) is 17.8 Å². The number of hydroxylamine groups is 2. The van der Waals surface area contributed by atoms with Crippen molar-refractivity contribution in [2.45, 2.75) is 25.4 Å². The van der Waals surface area contributed by atoms with Crippen molar-refractivity contribution < 1.29 is 10.0 Å². The minimum atomic E-state index is -0.823. The number of amides is 2. The second-order valence-electron chi connectivity index (χ2n) is 4.91. The number of carbonyl (C=O) groups excluding carboxylic acids is 1. The molecule has 1 aliphatic heterocycles. The summed E-state index contributed by atoms with van der Waals surface area (Å²) in [6.45, 7) is 2.60. The van der Waals surface area contributed by atoms with E-state index in [9.17, 15) is 10.0 Å². The van der Waals surface area contributed by atoms with E-state index < -0.39 is 11.6 Å². The zero-order valence-corrected chi connectivity index (χ0v) is 10.1. The van der Waals surface area contributed by atoms with Crippen molar-refractivity contribution in [1.29, 1.82) is 0 Å². The van der Waals surface area contributed by atoms with Gasteiger partial charge < -0.3 is 10.3 Å². The van der Waals surface area contributed by atoms with Crippen molar-refractivity contribution in [2.24, 2.45) is 5.73 Å². The third kappa shape index (κ3) is 1.28. The molecule has 0 saturated heterocycles. The van der Waals surface area contributed by atoms with Crippen molar-refractivity contribution >= 4 is 16.9 Å². The molecular weight excluding hydrogens is 230 g/mol. The predicted molar refractivity (Wildman–Crippen MR) is 67.1 cm³/mol. The molecule has 1 aromatic carbocycles. The summed E-state index contributed by atoms with van der Waals surface area (Å²) < 4.78 is 2.13. The fourth-order valence-corrected chi connectivity index (χ4v) is 2.81. The standard InChI is InChI=1S/C13H15N3O2/c1-13(16(18)12(14)17)6-7-15-10-5-3-2-4-9(10)8-11(13)15/h2-5,8,18H,6-7H2,1H3,(H2,14,17). The van der Waals surface area contributed by atoms with Gasteiger partial charge in [-0.1, -0.05) is 18.2 Å². The van der Waals surface area contributed by atoms with E-state index in [0.717, 1.165) is 23.1 Å². The van der Waals surface area contributed by atoms with Crippen molar-refractivity contribution in [3.63, 3.8) is 0 Å². The molecular formula is C13H15N3O2. The number of carbonyl (C=O) groups is 1. The van der Waals surface area contributed by atoms with Crippen molar-refractivity contribution in [3.05, 3.63) is 36.0 Å². The molecule has 0 radical (unpaired) electrons. The van der Waals surface area contributed by atoms with E-state index in [1.807, 2.05) is 37.3 Å². The first kappa shape index (κ1) is 11.1. The minimum absolute atomic E-state index is 0.644. The maximum Gasteiger partial charge on any atom is 0.339 e. The number of para-hydroxylation sites is 1. The molecule has 2 aromatic rings. The maximum absolute atomic E-state index is 11.2. The zero-order valence-electron chi connectivity index (χ0n) is 10.1. The van der Waals surface area contributed by atoms with Gasteiger partial charge in [0.15, 0.2) is 0 Å².